The fourth-order valence-corrected chi connectivity index (χ4v) is 12.5. The van der Waals surface area contributed by atoms with Crippen LogP contribution in [0.4, 0.5) is 0 Å². The molecule has 0 fully saturated rings. The number of hydrogen-bond acceptors (Lipinski definition) is 12. The monoisotopic (exact) mass is 1330 g/mol. The molecular weight excluding hydrogens is 1200 g/mol. The Morgan fingerprint density at radius 1 is 0.177 bits per heavy atom. The highest BCUT2D eigenvalue weighted by Gasteiger charge is 2.31. The summed E-state index contributed by atoms with van der Waals surface area (Å²) in [7, 11) is 0. The minimum Gasteiger partial charge on any atom is -0.351 e. The number of rotatable bonds is 60. The molecule has 18 nitrogen and oxygen atoms in total. The standard InChI is InChI=1S/C78H132N12O6/c1-7-13-19-25-31-37-43-49-55-79-73(91)67-68(74(92)80-56-50-44-38-32-26-20-14-8-2)86-62-61(85-67)63-65(89-70(76(94)82-58-52-46-40-34-28-22-16-10-4)69(87-63)75(93)81-57-51-45-39-33-27-21-15-9-3)66-64(62)88-71(77(95)83-59-53-47-41-35-29-23-17-11-5)72(90-66)78(96)84-60-54-48-42-36-30-24-18-12-6/h7-60H2,1-6H3,(H,79,91)(H,80,92)(H,81,93)(H,82,94)(H,83,95)(H,84,96). The van der Waals surface area contributed by atoms with Gasteiger partial charge in [-0.1, -0.05) is 311 Å². The van der Waals surface area contributed by atoms with Crippen molar-refractivity contribution >= 4 is 68.5 Å². The average molecular weight is 1330 g/mol. The van der Waals surface area contributed by atoms with E-state index in [9.17, 15) is 28.8 Å². The summed E-state index contributed by atoms with van der Waals surface area (Å²) >= 11 is 0. The first kappa shape index (κ1) is 82.5. The van der Waals surface area contributed by atoms with Crippen LogP contribution in [0.15, 0.2) is 0 Å². The lowest BCUT2D eigenvalue weighted by molar-refractivity contribution is 0.0910. The number of nitrogens with zero attached hydrogens (tertiary/aromatic N) is 6. The number of carbonyl (C=O) groups is 6. The maximum Gasteiger partial charge on any atom is 0.272 e. The minimum atomic E-state index is -0.623. The van der Waals surface area contributed by atoms with E-state index in [-0.39, 0.29) is 67.3 Å². The van der Waals surface area contributed by atoms with E-state index >= 15 is 0 Å². The van der Waals surface area contributed by atoms with Crippen LogP contribution in [0.25, 0.3) is 33.1 Å². The van der Waals surface area contributed by atoms with Gasteiger partial charge in [-0.3, -0.25) is 28.8 Å². The molecule has 540 valence electrons. The van der Waals surface area contributed by atoms with Crippen LogP contribution in [0, 0.1) is 0 Å². The summed E-state index contributed by atoms with van der Waals surface area (Å²) in [5.74, 6) is -3.74. The number of unbranched alkanes of at least 4 members (excludes halogenated alkanes) is 42. The molecule has 0 radical (unpaired) electrons. The Morgan fingerprint density at radius 2 is 0.281 bits per heavy atom. The van der Waals surface area contributed by atoms with Crippen LogP contribution in [0.2, 0.25) is 0 Å². The van der Waals surface area contributed by atoms with Crippen LogP contribution in [0.3, 0.4) is 0 Å². The third kappa shape index (κ3) is 32.2. The van der Waals surface area contributed by atoms with Crippen molar-refractivity contribution in [2.75, 3.05) is 39.3 Å². The third-order valence-corrected chi connectivity index (χ3v) is 18.5. The molecule has 4 aromatic rings. The summed E-state index contributed by atoms with van der Waals surface area (Å²) < 4.78 is 0. The van der Waals surface area contributed by atoms with E-state index in [0.29, 0.717) is 39.3 Å². The molecule has 0 saturated carbocycles. The second-order valence-corrected chi connectivity index (χ2v) is 27.2. The molecule has 3 heterocycles. The van der Waals surface area contributed by atoms with Gasteiger partial charge in [0.2, 0.25) is 0 Å². The number of hydrogen-bond donors (Lipinski definition) is 6. The summed E-state index contributed by atoms with van der Waals surface area (Å²) in [6.07, 6.45) is 51.5. The summed E-state index contributed by atoms with van der Waals surface area (Å²) in [4.78, 5) is 119. The molecule has 96 heavy (non-hydrogen) atoms. The van der Waals surface area contributed by atoms with E-state index in [1.807, 2.05) is 0 Å². The first-order valence-electron chi connectivity index (χ1n) is 39.5. The molecule has 0 saturated heterocycles. The lowest BCUT2D eigenvalue weighted by atomic mass is 10.1. The molecule has 0 bridgehead atoms. The Kier molecular flexibility index (Phi) is 45.6. The van der Waals surface area contributed by atoms with Gasteiger partial charge < -0.3 is 31.9 Å². The largest absolute Gasteiger partial charge is 0.351 e. The second kappa shape index (κ2) is 53.1. The van der Waals surface area contributed by atoms with Crippen molar-refractivity contribution in [3.8, 4) is 0 Å². The van der Waals surface area contributed by atoms with Crippen molar-refractivity contribution in [2.24, 2.45) is 0 Å². The van der Waals surface area contributed by atoms with Crippen LogP contribution in [0.5, 0.6) is 0 Å². The van der Waals surface area contributed by atoms with Crippen molar-refractivity contribution in [1.82, 2.24) is 61.8 Å². The number of amides is 6. The Hall–Kier alpha value is -5.94. The third-order valence-electron chi connectivity index (χ3n) is 18.5. The summed E-state index contributed by atoms with van der Waals surface area (Å²) in [6, 6.07) is 0. The molecule has 0 aliphatic rings. The Morgan fingerprint density at radius 3 is 0.396 bits per heavy atom. The van der Waals surface area contributed by atoms with Crippen molar-refractivity contribution < 1.29 is 28.8 Å². The van der Waals surface area contributed by atoms with E-state index in [1.165, 1.54) is 154 Å². The fourth-order valence-electron chi connectivity index (χ4n) is 12.5. The normalized spacial score (nSPS) is 11.4. The van der Waals surface area contributed by atoms with Gasteiger partial charge in [-0.25, -0.2) is 29.9 Å². The van der Waals surface area contributed by atoms with E-state index < -0.39 is 35.4 Å². The summed E-state index contributed by atoms with van der Waals surface area (Å²) in [6.45, 7) is 15.2. The van der Waals surface area contributed by atoms with Crippen molar-refractivity contribution in [1.29, 1.82) is 0 Å². The van der Waals surface area contributed by atoms with Crippen LogP contribution in [-0.2, 0) is 0 Å². The zero-order valence-electron chi connectivity index (χ0n) is 61.3. The van der Waals surface area contributed by atoms with Crippen molar-refractivity contribution in [3.05, 3.63) is 34.2 Å². The number of carbonyl (C=O) groups excluding carboxylic acids is 6. The first-order chi connectivity index (χ1) is 47.1. The van der Waals surface area contributed by atoms with E-state index in [1.54, 1.807) is 0 Å². The highest BCUT2D eigenvalue weighted by molar-refractivity contribution is 6.22. The molecule has 0 aliphatic carbocycles. The smallest absolute Gasteiger partial charge is 0.272 e. The summed E-state index contributed by atoms with van der Waals surface area (Å²) in [5.41, 5.74) is -1.86. The molecule has 4 rings (SSSR count). The van der Waals surface area contributed by atoms with Crippen LogP contribution in [-0.4, -0.2) is 105 Å². The zero-order chi connectivity index (χ0) is 69.1. The van der Waals surface area contributed by atoms with Crippen molar-refractivity contribution in [3.63, 3.8) is 0 Å². The van der Waals surface area contributed by atoms with Gasteiger partial charge in [0, 0.05) is 39.3 Å². The van der Waals surface area contributed by atoms with Gasteiger partial charge in [-0.2, -0.15) is 0 Å². The molecular formula is C78H132N12O6. The van der Waals surface area contributed by atoms with Crippen LogP contribution < -0.4 is 31.9 Å². The lowest BCUT2D eigenvalue weighted by Gasteiger charge is -2.16. The highest BCUT2D eigenvalue weighted by atomic mass is 16.2. The Bertz CT molecular complexity index is 2330. The topological polar surface area (TPSA) is 252 Å². The quantitative estimate of drug-likeness (QED) is 0.0178. The minimum absolute atomic E-state index is 0.0450. The van der Waals surface area contributed by atoms with Gasteiger partial charge >= 0.3 is 0 Å². The molecule has 0 atom stereocenters. The molecule has 6 N–H and O–H groups in total. The van der Waals surface area contributed by atoms with Crippen LogP contribution >= 0.6 is 0 Å². The van der Waals surface area contributed by atoms with E-state index in [4.69, 9.17) is 29.9 Å². The van der Waals surface area contributed by atoms with Crippen LogP contribution in [0.1, 0.15) is 413 Å². The molecule has 18 heteroatoms. The van der Waals surface area contributed by atoms with Gasteiger partial charge in [0.25, 0.3) is 35.4 Å². The van der Waals surface area contributed by atoms with Gasteiger partial charge in [-0.15, -0.1) is 0 Å². The predicted octanol–water partition coefficient (Wildman–Crippen LogP) is 18.7. The molecule has 0 aliphatic heterocycles. The summed E-state index contributed by atoms with van der Waals surface area (Å²) in [5, 5.41) is 18.2. The number of fused-ring (bicyclic) bond motifs is 6. The molecule has 3 aromatic heterocycles. The molecule has 6 amide bonds. The SMILES string of the molecule is CCCCCCCCCCNC(=O)c1nc2c3nc(C(=O)NCCCCCCCCCC)c(C(=O)NCCCCCCCCCC)nc3c3nc(C(=O)NCCCCCCCCCC)c(C(=O)NCCCCCCCCCC)nc3c2nc1C(=O)NCCCCCCCCCC. The molecule has 0 unspecified atom stereocenters. The van der Waals surface area contributed by atoms with E-state index in [0.717, 1.165) is 154 Å². The Labute approximate surface area is 579 Å². The number of aromatic nitrogens is 6. The van der Waals surface area contributed by atoms with Gasteiger partial charge in [-0.05, 0) is 38.5 Å². The predicted molar refractivity (Wildman–Crippen MR) is 395 cm³/mol. The van der Waals surface area contributed by atoms with Gasteiger partial charge in [0.05, 0.1) is 0 Å². The van der Waals surface area contributed by atoms with E-state index in [2.05, 4.69) is 73.4 Å². The molecule has 0 spiro atoms. The average Bonchev–Trinajstić information content (AvgIpc) is 0.721. The van der Waals surface area contributed by atoms with Crippen molar-refractivity contribution in [2.45, 2.75) is 350 Å². The highest BCUT2D eigenvalue weighted by Crippen LogP contribution is 2.32. The molecule has 1 aromatic carbocycles. The number of nitrogens with one attached hydrogen (secondary N) is 6. The lowest BCUT2D eigenvalue weighted by Crippen LogP contribution is -2.33. The fraction of sp³-hybridized carbons (Fsp3) is 0.769. The Balaban J connectivity index is 1.98. The van der Waals surface area contributed by atoms with Gasteiger partial charge in [0.15, 0.2) is 34.2 Å². The first-order valence-corrected chi connectivity index (χ1v) is 39.5. The number of benzene rings is 1. The van der Waals surface area contributed by atoms with Gasteiger partial charge in [0.1, 0.15) is 33.1 Å². The maximum atomic E-state index is 14.8. The zero-order valence-corrected chi connectivity index (χ0v) is 61.3. The second-order valence-electron chi connectivity index (χ2n) is 27.2. The maximum absolute atomic E-state index is 14.8.